The Morgan fingerprint density at radius 1 is 1.50 bits per heavy atom. The van der Waals surface area contributed by atoms with Gasteiger partial charge in [-0.05, 0) is 7.05 Å². The first-order chi connectivity index (χ1) is 3.81. The van der Waals surface area contributed by atoms with E-state index in [1.807, 2.05) is 7.05 Å². The summed E-state index contributed by atoms with van der Waals surface area (Å²) in [6.07, 6.45) is 3.97. The maximum Gasteiger partial charge on any atom is 0.216 e. The van der Waals surface area contributed by atoms with Crippen molar-refractivity contribution in [2.24, 2.45) is 0 Å². The molecule has 0 bridgehead atoms. The molecular weight excluding hydrogens is 96.9 g/mol. The summed E-state index contributed by atoms with van der Waals surface area (Å²) in [5.74, 6) is 0. The fraction of sp³-hybridized carbons (Fsp3) is 1.00. The molecule has 0 aliphatic carbocycles. The number of hydrogen-bond donors (Lipinski definition) is 1. The maximum atomic E-state index is 3.20. The van der Waals surface area contributed by atoms with Gasteiger partial charge in [0.2, 0.25) is 6.85 Å². The van der Waals surface area contributed by atoms with Gasteiger partial charge in [0.15, 0.2) is 0 Å². The molecule has 0 aliphatic heterocycles. The number of rotatable bonds is 4. The Labute approximate surface area is 53.0 Å². The Morgan fingerprint density at radius 3 is 2.50 bits per heavy atom. The van der Waals surface area contributed by atoms with Crippen LogP contribution in [0.2, 0.25) is 13.1 Å². The highest BCUT2D eigenvalue weighted by Crippen LogP contribution is 1.96. The fourth-order valence-electron chi connectivity index (χ4n) is 0.655. The predicted molar refractivity (Wildman–Crippen MR) is 40.4 cm³/mol. The molecule has 0 saturated carbocycles. The number of unbranched alkanes of at least 4 members (excludes halogenated alkanes) is 1. The van der Waals surface area contributed by atoms with Gasteiger partial charge in [0.1, 0.15) is 0 Å². The monoisotopic (exact) mass is 113 g/mol. The van der Waals surface area contributed by atoms with Crippen LogP contribution in [-0.2, 0) is 0 Å². The summed E-state index contributed by atoms with van der Waals surface area (Å²) in [6.45, 7) is 5.15. The van der Waals surface area contributed by atoms with Crippen molar-refractivity contribution in [1.82, 2.24) is 5.23 Å². The standard InChI is InChI=1S/C6H16BN/c1-4-5-6-7(2)8-3/h8H,4-6H2,1-3H3. The van der Waals surface area contributed by atoms with E-state index in [9.17, 15) is 0 Å². The molecule has 0 spiro atoms. The Hall–Kier alpha value is 0.0249. The van der Waals surface area contributed by atoms with Crippen molar-refractivity contribution in [2.45, 2.75) is 32.9 Å². The molecule has 0 aromatic heterocycles. The first-order valence-electron chi connectivity index (χ1n) is 3.48. The first kappa shape index (κ1) is 8.02. The molecule has 2 heteroatoms. The van der Waals surface area contributed by atoms with Crippen LogP contribution in [0.25, 0.3) is 0 Å². The molecule has 0 unspecified atom stereocenters. The fourth-order valence-corrected chi connectivity index (χ4v) is 0.655. The SMILES string of the molecule is CCCCB(C)NC. The second-order valence-electron chi connectivity index (χ2n) is 2.33. The zero-order valence-electron chi connectivity index (χ0n) is 6.20. The summed E-state index contributed by atoms with van der Waals surface area (Å²) in [7, 11) is 2.01. The number of hydrogen-bond acceptors (Lipinski definition) is 1. The van der Waals surface area contributed by atoms with Crippen molar-refractivity contribution >= 4 is 6.85 Å². The van der Waals surface area contributed by atoms with Crippen LogP contribution < -0.4 is 5.23 Å². The van der Waals surface area contributed by atoms with Gasteiger partial charge in [-0.1, -0.05) is 32.9 Å². The summed E-state index contributed by atoms with van der Waals surface area (Å²) in [6, 6.07) is 0. The van der Waals surface area contributed by atoms with Gasteiger partial charge in [0, 0.05) is 0 Å². The second kappa shape index (κ2) is 5.17. The van der Waals surface area contributed by atoms with Gasteiger partial charge >= 0.3 is 0 Å². The average molecular weight is 113 g/mol. The molecule has 48 valence electrons. The van der Waals surface area contributed by atoms with Gasteiger partial charge in [-0.3, -0.25) is 0 Å². The minimum absolute atomic E-state index is 0.704. The van der Waals surface area contributed by atoms with Crippen LogP contribution in [0.1, 0.15) is 19.8 Å². The molecule has 0 radical (unpaired) electrons. The minimum atomic E-state index is 0.704. The summed E-state index contributed by atoms with van der Waals surface area (Å²) >= 11 is 0. The Bertz CT molecular complexity index is 47.8. The van der Waals surface area contributed by atoms with Gasteiger partial charge < -0.3 is 5.23 Å². The Morgan fingerprint density at radius 2 is 2.12 bits per heavy atom. The van der Waals surface area contributed by atoms with Gasteiger partial charge in [0.25, 0.3) is 0 Å². The van der Waals surface area contributed by atoms with Crippen LogP contribution in [-0.4, -0.2) is 13.9 Å². The van der Waals surface area contributed by atoms with Crippen molar-refractivity contribution in [3.63, 3.8) is 0 Å². The quantitative estimate of drug-likeness (QED) is 0.546. The molecule has 0 amide bonds. The van der Waals surface area contributed by atoms with Crippen molar-refractivity contribution in [1.29, 1.82) is 0 Å². The van der Waals surface area contributed by atoms with E-state index in [0.29, 0.717) is 6.85 Å². The number of nitrogens with one attached hydrogen (secondary N) is 1. The third kappa shape index (κ3) is 4.19. The van der Waals surface area contributed by atoms with Crippen LogP contribution in [0.15, 0.2) is 0 Å². The van der Waals surface area contributed by atoms with Crippen LogP contribution in [0, 0.1) is 0 Å². The van der Waals surface area contributed by atoms with E-state index in [2.05, 4.69) is 19.0 Å². The Balaban J connectivity index is 2.86. The van der Waals surface area contributed by atoms with Gasteiger partial charge in [-0.15, -0.1) is 0 Å². The lowest BCUT2D eigenvalue weighted by atomic mass is 9.61. The molecule has 0 aromatic rings. The van der Waals surface area contributed by atoms with Crippen LogP contribution in [0.5, 0.6) is 0 Å². The van der Waals surface area contributed by atoms with E-state index in [1.165, 1.54) is 19.2 Å². The highest BCUT2D eigenvalue weighted by Gasteiger charge is 1.99. The molecule has 1 N–H and O–H groups in total. The van der Waals surface area contributed by atoms with Gasteiger partial charge in [-0.25, -0.2) is 0 Å². The minimum Gasteiger partial charge on any atom is -0.359 e. The average Bonchev–Trinajstić information content (AvgIpc) is 1.83. The molecule has 0 heterocycles. The van der Waals surface area contributed by atoms with Crippen molar-refractivity contribution in [2.75, 3.05) is 7.05 Å². The lowest BCUT2D eigenvalue weighted by molar-refractivity contribution is 0.865. The van der Waals surface area contributed by atoms with E-state index >= 15 is 0 Å². The van der Waals surface area contributed by atoms with E-state index in [4.69, 9.17) is 0 Å². The van der Waals surface area contributed by atoms with Crippen molar-refractivity contribution in [3.8, 4) is 0 Å². The lowest BCUT2D eigenvalue weighted by Gasteiger charge is -2.02. The summed E-state index contributed by atoms with van der Waals surface area (Å²) in [5, 5.41) is 3.20. The molecular formula is C6H16BN. The molecule has 0 aliphatic rings. The van der Waals surface area contributed by atoms with E-state index in [1.54, 1.807) is 0 Å². The largest absolute Gasteiger partial charge is 0.359 e. The smallest absolute Gasteiger partial charge is 0.216 e. The molecule has 0 atom stereocenters. The molecule has 1 nitrogen and oxygen atoms in total. The molecule has 8 heavy (non-hydrogen) atoms. The second-order valence-corrected chi connectivity index (χ2v) is 2.33. The van der Waals surface area contributed by atoms with Crippen LogP contribution >= 0.6 is 0 Å². The molecule has 0 fully saturated rings. The maximum absolute atomic E-state index is 3.20. The lowest BCUT2D eigenvalue weighted by Crippen LogP contribution is -2.25. The highest BCUT2D eigenvalue weighted by molar-refractivity contribution is 6.54. The topological polar surface area (TPSA) is 12.0 Å². The third-order valence-electron chi connectivity index (χ3n) is 1.48. The summed E-state index contributed by atoms with van der Waals surface area (Å²) in [4.78, 5) is 0. The molecule has 0 rings (SSSR count). The van der Waals surface area contributed by atoms with Crippen LogP contribution in [0.4, 0.5) is 0 Å². The Kier molecular flexibility index (Phi) is 5.18. The first-order valence-corrected chi connectivity index (χ1v) is 3.48. The summed E-state index contributed by atoms with van der Waals surface area (Å²) in [5.41, 5.74) is 0. The highest BCUT2D eigenvalue weighted by atomic mass is 14.7. The van der Waals surface area contributed by atoms with Crippen LogP contribution in [0.3, 0.4) is 0 Å². The van der Waals surface area contributed by atoms with Crippen molar-refractivity contribution < 1.29 is 0 Å². The third-order valence-corrected chi connectivity index (χ3v) is 1.48. The van der Waals surface area contributed by atoms with Gasteiger partial charge in [-0.2, -0.15) is 0 Å². The zero-order valence-corrected chi connectivity index (χ0v) is 6.20. The molecule has 0 saturated heterocycles. The predicted octanol–water partition coefficient (Wildman–Crippen LogP) is 1.63. The zero-order chi connectivity index (χ0) is 6.41. The van der Waals surface area contributed by atoms with E-state index < -0.39 is 0 Å². The van der Waals surface area contributed by atoms with E-state index in [-0.39, 0.29) is 0 Å². The van der Waals surface area contributed by atoms with Crippen molar-refractivity contribution in [3.05, 3.63) is 0 Å². The van der Waals surface area contributed by atoms with Gasteiger partial charge in [0.05, 0.1) is 0 Å². The molecule has 0 aromatic carbocycles. The normalized spacial score (nSPS) is 9.38. The van der Waals surface area contributed by atoms with E-state index in [0.717, 1.165) is 0 Å². The summed E-state index contributed by atoms with van der Waals surface area (Å²) < 4.78 is 0.